The van der Waals surface area contributed by atoms with Gasteiger partial charge in [0, 0.05) is 12.8 Å². The van der Waals surface area contributed by atoms with Gasteiger partial charge in [0.15, 0.2) is 0 Å². The Labute approximate surface area is 228 Å². The van der Waals surface area contributed by atoms with Crippen LogP contribution in [-0.2, 0) is 18.8 Å². The summed E-state index contributed by atoms with van der Waals surface area (Å²) in [6, 6.07) is 0. The largest absolute Gasteiger partial charge is 0.473 e. The molecular weight excluding hydrogens is 459 g/mol. The lowest BCUT2D eigenvalue weighted by Crippen LogP contribution is -2.38. The van der Waals surface area contributed by atoms with Gasteiger partial charge in [0.05, 0.1) is 18.0 Å². The van der Waals surface area contributed by atoms with E-state index in [-0.39, 0.29) is 31.1 Å². The van der Waals surface area contributed by atoms with Gasteiger partial charge in [0.25, 0.3) is 0 Å². The summed E-state index contributed by atoms with van der Waals surface area (Å²) in [5.41, 5.74) is -0.464. The molecule has 0 unspecified atom stereocenters. The SMILES string of the molecule is CCCCCCCCC#C[C@@H](CCC(=O)OC(C)(C)C)B1O[C@H](C2CCCCC2)[C@@H](C2CCCCC2)O1. The van der Waals surface area contributed by atoms with Crippen LogP contribution >= 0.6 is 0 Å². The first-order chi connectivity index (χ1) is 17.9. The lowest BCUT2D eigenvalue weighted by Gasteiger charge is -2.35. The first kappa shape index (κ1) is 30.6. The van der Waals surface area contributed by atoms with E-state index in [1.165, 1.54) is 96.3 Å². The van der Waals surface area contributed by atoms with Gasteiger partial charge in [-0.05, 0) is 71.1 Å². The van der Waals surface area contributed by atoms with Crippen molar-refractivity contribution in [3.8, 4) is 11.8 Å². The Morgan fingerprint density at radius 2 is 1.41 bits per heavy atom. The third-order valence-corrected chi connectivity index (χ3v) is 8.49. The Bertz CT molecular complexity index is 683. The van der Waals surface area contributed by atoms with E-state index in [0.717, 1.165) is 12.8 Å². The second-order valence-electron chi connectivity index (χ2n) is 12.9. The average Bonchev–Trinajstić information content (AvgIpc) is 3.33. The van der Waals surface area contributed by atoms with Crippen LogP contribution in [0.2, 0.25) is 5.82 Å². The molecule has 3 atom stereocenters. The molecule has 210 valence electrons. The van der Waals surface area contributed by atoms with E-state index in [2.05, 4.69) is 18.8 Å². The summed E-state index contributed by atoms with van der Waals surface area (Å²) in [5.74, 6) is 7.95. The molecule has 0 radical (unpaired) electrons. The third-order valence-electron chi connectivity index (χ3n) is 8.49. The predicted octanol–water partition coefficient (Wildman–Crippen LogP) is 8.67. The van der Waals surface area contributed by atoms with E-state index in [4.69, 9.17) is 14.0 Å². The number of esters is 1. The number of carbonyl (C=O) groups is 1. The van der Waals surface area contributed by atoms with E-state index in [1.54, 1.807) is 0 Å². The van der Waals surface area contributed by atoms with Gasteiger partial charge in [-0.2, -0.15) is 0 Å². The second kappa shape index (κ2) is 16.2. The summed E-state index contributed by atoms with van der Waals surface area (Å²) in [7, 11) is -0.321. The zero-order valence-electron chi connectivity index (χ0n) is 24.5. The molecule has 0 amide bonds. The molecule has 1 heterocycles. The van der Waals surface area contributed by atoms with E-state index in [9.17, 15) is 4.79 Å². The maximum absolute atomic E-state index is 12.6. The molecular formula is C32H55BO4. The molecule has 4 nitrogen and oxygen atoms in total. The summed E-state index contributed by atoms with van der Waals surface area (Å²) in [5, 5.41) is 0. The van der Waals surface area contributed by atoms with Crippen LogP contribution in [-0.4, -0.2) is 30.9 Å². The minimum atomic E-state index is -0.464. The molecule has 0 N–H and O–H groups in total. The van der Waals surface area contributed by atoms with Crippen LogP contribution in [0, 0.1) is 23.7 Å². The molecule has 2 saturated carbocycles. The van der Waals surface area contributed by atoms with Crippen LogP contribution in [0.1, 0.15) is 150 Å². The minimum absolute atomic E-state index is 0.0766. The Balaban J connectivity index is 1.65. The fourth-order valence-corrected chi connectivity index (χ4v) is 6.51. The van der Waals surface area contributed by atoms with E-state index < -0.39 is 5.60 Å². The Morgan fingerprint density at radius 3 is 1.95 bits per heavy atom. The summed E-state index contributed by atoms with van der Waals surface area (Å²) in [6.45, 7) is 8.04. The third kappa shape index (κ3) is 11.0. The highest BCUT2D eigenvalue weighted by Gasteiger charge is 2.49. The fraction of sp³-hybridized carbons (Fsp3) is 0.906. The van der Waals surface area contributed by atoms with Gasteiger partial charge in [-0.25, -0.2) is 0 Å². The molecule has 1 saturated heterocycles. The van der Waals surface area contributed by atoms with E-state index >= 15 is 0 Å². The average molecular weight is 515 g/mol. The second-order valence-corrected chi connectivity index (χ2v) is 12.9. The molecule has 2 aliphatic carbocycles. The highest BCUT2D eigenvalue weighted by molar-refractivity contribution is 6.48. The molecule has 0 aromatic heterocycles. The van der Waals surface area contributed by atoms with Gasteiger partial charge in [-0.3, -0.25) is 4.79 Å². The maximum Gasteiger partial charge on any atom is 0.473 e. The number of rotatable bonds is 12. The van der Waals surface area contributed by atoms with Crippen LogP contribution in [0.15, 0.2) is 0 Å². The highest BCUT2D eigenvalue weighted by atomic mass is 16.7. The van der Waals surface area contributed by atoms with Crippen molar-refractivity contribution >= 4 is 13.1 Å². The Kier molecular flexibility index (Phi) is 13.4. The molecule has 5 heteroatoms. The van der Waals surface area contributed by atoms with Crippen molar-refractivity contribution in [1.29, 1.82) is 0 Å². The highest BCUT2D eigenvalue weighted by Crippen LogP contribution is 2.42. The van der Waals surface area contributed by atoms with Crippen molar-refractivity contribution in [2.45, 2.75) is 173 Å². The van der Waals surface area contributed by atoms with Crippen molar-refractivity contribution in [1.82, 2.24) is 0 Å². The minimum Gasteiger partial charge on any atom is -0.460 e. The summed E-state index contributed by atoms with van der Waals surface area (Å²) < 4.78 is 19.2. The maximum atomic E-state index is 12.6. The molecule has 3 fully saturated rings. The van der Waals surface area contributed by atoms with Crippen molar-refractivity contribution in [2.24, 2.45) is 11.8 Å². The molecule has 3 rings (SSSR count). The predicted molar refractivity (Wildman–Crippen MR) is 153 cm³/mol. The van der Waals surface area contributed by atoms with Crippen LogP contribution in [0.4, 0.5) is 0 Å². The zero-order valence-corrected chi connectivity index (χ0v) is 24.5. The van der Waals surface area contributed by atoms with Gasteiger partial charge in [0.1, 0.15) is 5.60 Å². The van der Waals surface area contributed by atoms with Gasteiger partial charge >= 0.3 is 13.1 Å². The molecule has 0 aromatic carbocycles. The number of unbranched alkanes of at least 4 members (excludes halogenated alkanes) is 6. The van der Waals surface area contributed by atoms with Crippen LogP contribution < -0.4 is 0 Å². The first-order valence-corrected chi connectivity index (χ1v) is 15.9. The summed E-state index contributed by atoms with van der Waals surface area (Å²) >= 11 is 0. The lowest BCUT2D eigenvalue weighted by molar-refractivity contribution is -0.154. The Morgan fingerprint density at radius 1 is 0.865 bits per heavy atom. The molecule has 0 bridgehead atoms. The molecule has 0 aromatic rings. The van der Waals surface area contributed by atoms with Gasteiger partial charge < -0.3 is 14.0 Å². The quantitative estimate of drug-likeness (QED) is 0.113. The normalized spacial score (nSPS) is 24.5. The zero-order chi connectivity index (χ0) is 26.5. The number of hydrogen-bond donors (Lipinski definition) is 0. The van der Waals surface area contributed by atoms with Gasteiger partial charge in [-0.15, -0.1) is 11.8 Å². The topological polar surface area (TPSA) is 44.8 Å². The molecule has 1 aliphatic heterocycles. The van der Waals surface area contributed by atoms with Crippen LogP contribution in [0.25, 0.3) is 0 Å². The number of hydrogen-bond acceptors (Lipinski definition) is 4. The lowest BCUT2D eigenvalue weighted by atomic mass is 9.69. The van der Waals surface area contributed by atoms with Crippen LogP contribution in [0.3, 0.4) is 0 Å². The van der Waals surface area contributed by atoms with Crippen molar-refractivity contribution in [3.05, 3.63) is 0 Å². The standard InChI is InChI=1S/C32H55BO4/c1-5-6-7-8-9-10-11-18-23-28(24-25-29(34)35-32(2,3)4)33-36-30(26-19-14-12-15-20-26)31(37-33)27-21-16-13-17-22-27/h26-28,30-31H,5-17,19-22,24-25H2,1-4H3/t28-,30+,31+/m0/s1. The monoisotopic (exact) mass is 514 g/mol. The van der Waals surface area contributed by atoms with E-state index in [0.29, 0.717) is 24.7 Å². The molecule has 37 heavy (non-hydrogen) atoms. The smallest absolute Gasteiger partial charge is 0.460 e. The van der Waals surface area contributed by atoms with E-state index in [1.807, 2.05) is 20.8 Å². The number of ether oxygens (including phenoxy) is 1. The van der Waals surface area contributed by atoms with Crippen molar-refractivity contribution in [2.75, 3.05) is 0 Å². The van der Waals surface area contributed by atoms with Crippen LogP contribution in [0.5, 0.6) is 0 Å². The fourth-order valence-electron chi connectivity index (χ4n) is 6.51. The van der Waals surface area contributed by atoms with Gasteiger partial charge in [-0.1, -0.05) is 77.6 Å². The van der Waals surface area contributed by atoms with Crippen molar-refractivity contribution < 1.29 is 18.8 Å². The van der Waals surface area contributed by atoms with Gasteiger partial charge in [0.2, 0.25) is 0 Å². The number of carbonyl (C=O) groups excluding carboxylic acids is 1. The summed E-state index contributed by atoms with van der Waals surface area (Å²) in [4.78, 5) is 12.6. The molecule has 0 spiro atoms. The molecule has 3 aliphatic rings. The Hall–Kier alpha value is -0.985. The van der Waals surface area contributed by atoms with Crippen molar-refractivity contribution in [3.63, 3.8) is 0 Å². The first-order valence-electron chi connectivity index (χ1n) is 15.9. The summed E-state index contributed by atoms with van der Waals surface area (Å²) in [6.07, 6.45) is 22.9.